The van der Waals surface area contributed by atoms with Crippen molar-refractivity contribution in [3.8, 4) is 5.88 Å². The molecular formula is C24H34IN5O2. The highest BCUT2D eigenvalue weighted by atomic mass is 127. The lowest BCUT2D eigenvalue weighted by Crippen LogP contribution is -2.38. The lowest BCUT2D eigenvalue weighted by Gasteiger charge is -2.13. The topological polar surface area (TPSA) is 87.6 Å². The maximum atomic E-state index is 11.8. The normalized spacial score (nSPS) is 13.9. The van der Waals surface area contributed by atoms with Crippen molar-refractivity contribution >= 4 is 35.8 Å². The molecule has 1 heterocycles. The molecule has 0 radical (unpaired) electrons. The van der Waals surface area contributed by atoms with Crippen LogP contribution >= 0.6 is 24.0 Å². The van der Waals surface area contributed by atoms with E-state index >= 15 is 0 Å². The van der Waals surface area contributed by atoms with Gasteiger partial charge in [-0.2, -0.15) is 0 Å². The molecule has 0 atom stereocenters. The molecule has 1 aromatic carbocycles. The number of halogens is 1. The minimum Gasteiger partial charge on any atom is -0.474 e. The first-order chi connectivity index (χ1) is 15.2. The molecule has 0 aliphatic heterocycles. The summed E-state index contributed by atoms with van der Waals surface area (Å²) < 4.78 is 5.92. The average molecular weight is 551 g/mol. The summed E-state index contributed by atoms with van der Waals surface area (Å²) in [6, 6.07) is 11.6. The summed E-state index contributed by atoms with van der Waals surface area (Å²) in [6.07, 6.45) is 7.70. The van der Waals surface area contributed by atoms with Gasteiger partial charge in [-0.25, -0.2) is 9.98 Å². The lowest BCUT2D eigenvalue weighted by molar-refractivity contribution is 0.0963. The third-order valence-corrected chi connectivity index (χ3v) is 5.27. The molecule has 0 spiro atoms. The number of hydrogen-bond acceptors (Lipinski definition) is 4. The fourth-order valence-corrected chi connectivity index (χ4v) is 3.60. The maximum Gasteiger partial charge on any atom is 0.251 e. The highest BCUT2D eigenvalue weighted by Gasteiger charge is 2.16. The number of ether oxygens (including phenoxy) is 1. The number of aliphatic imine (C=N–C) groups is 1. The summed E-state index contributed by atoms with van der Waals surface area (Å²) in [5.41, 5.74) is 2.81. The summed E-state index contributed by atoms with van der Waals surface area (Å²) in [7, 11) is 1.64. The van der Waals surface area contributed by atoms with E-state index in [9.17, 15) is 4.79 Å². The number of benzene rings is 1. The number of nitrogens with zero attached hydrogens (tertiary/aromatic N) is 2. The van der Waals surface area contributed by atoms with Gasteiger partial charge in [-0.3, -0.25) is 4.79 Å². The number of hydrogen-bond donors (Lipinski definition) is 3. The van der Waals surface area contributed by atoms with E-state index in [-0.39, 0.29) is 29.9 Å². The van der Waals surface area contributed by atoms with Crippen molar-refractivity contribution in [1.29, 1.82) is 0 Å². The zero-order chi connectivity index (χ0) is 21.9. The third kappa shape index (κ3) is 8.29. The second-order valence-electron chi connectivity index (χ2n) is 7.68. The summed E-state index contributed by atoms with van der Waals surface area (Å²) in [6.45, 7) is 4.08. The second kappa shape index (κ2) is 13.9. The molecule has 1 aliphatic carbocycles. The number of pyridine rings is 1. The maximum absolute atomic E-state index is 11.8. The van der Waals surface area contributed by atoms with Gasteiger partial charge in [0.05, 0.1) is 6.54 Å². The van der Waals surface area contributed by atoms with Crippen molar-refractivity contribution in [2.75, 3.05) is 20.1 Å². The molecule has 1 aromatic heterocycles. The minimum atomic E-state index is -0.0713. The van der Waals surface area contributed by atoms with Gasteiger partial charge in [-0.15, -0.1) is 24.0 Å². The molecule has 7 nitrogen and oxygen atoms in total. The molecule has 1 fully saturated rings. The van der Waals surface area contributed by atoms with Crippen LogP contribution in [-0.4, -0.2) is 43.1 Å². The number of amides is 1. The molecule has 2 aromatic rings. The Morgan fingerprint density at radius 1 is 1.16 bits per heavy atom. The molecule has 1 aliphatic rings. The van der Waals surface area contributed by atoms with E-state index in [0.717, 1.165) is 49.4 Å². The van der Waals surface area contributed by atoms with Gasteiger partial charge in [0.25, 0.3) is 5.91 Å². The van der Waals surface area contributed by atoms with Gasteiger partial charge in [-0.1, -0.05) is 18.2 Å². The average Bonchev–Trinajstić information content (AvgIpc) is 3.31. The zero-order valence-corrected chi connectivity index (χ0v) is 21.2. The SMILES string of the molecule is CCNC(=NCc1ccc(OC2CCCC2)nc1)NCCc1cccc(C(=O)NC)c1.I. The number of aromatic nitrogens is 1. The standard InChI is InChI=1S/C24H33N5O2.HI/c1-3-26-24(27-14-13-18-7-6-8-20(15-18)23(30)25-2)29-17-19-11-12-22(28-16-19)31-21-9-4-5-10-21;/h6-8,11-12,15-16,21H,3-5,9-10,13-14,17H2,1-2H3,(H,25,30)(H2,26,27,29);1H. The van der Waals surface area contributed by atoms with Gasteiger partial charge in [0.2, 0.25) is 5.88 Å². The highest BCUT2D eigenvalue weighted by molar-refractivity contribution is 14.0. The van der Waals surface area contributed by atoms with Crippen LogP contribution in [0.25, 0.3) is 0 Å². The van der Waals surface area contributed by atoms with Crippen LogP contribution in [0.3, 0.4) is 0 Å². The molecule has 3 rings (SSSR count). The second-order valence-corrected chi connectivity index (χ2v) is 7.68. The molecule has 8 heteroatoms. The minimum absolute atomic E-state index is 0. The van der Waals surface area contributed by atoms with Crippen LogP contribution in [0.1, 0.15) is 54.1 Å². The Bertz CT molecular complexity index is 867. The quantitative estimate of drug-likeness (QED) is 0.252. The van der Waals surface area contributed by atoms with E-state index in [0.29, 0.717) is 24.1 Å². The van der Waals surface area contributed by atoms with Gasteiger partial charge in [0.15, 0.2) is 5.96 Å². The van der Waals surface area contributed by atoms with Crippen LogP contribution in [0.2, 0.25) is 0 Å². The molecule has 0 unspecified atom stereocenters. The third-order valence-electron chi connectivity index (χ3n) is 5.27. The molecule has 0 saturated heterocycles. The van der Waals surface area contributed by atoms with Crippen molar-refractivity contribution < 1.29 is 9.53 Å². The Balaban J connectivity index is 0.00000363. The summed E-state index contributed by atoms with van der Waals surface area (Å²) in [4.78, 5) is 20.9. The fraction of sp³-hybridized carbons (Fsp3) is 0.458. The van der Waals surface area contributed by atoms with Gasteiger partial charge in [0.1, 0.15) is 6.10 Å². The van der Waals surface area contributed by atoms with Crippen LogP contribution in [0.4, 0.5) is 0 Å². The van der Waals surface area contributed by atoms with E-state index in [1.54, 1.807) is 7.05 Å². The van der Waals surface area contributed by atoms with Crippen LogP contribution in [-0.2, 0) is 13.0 Å². The molecule has 32 heavy (non-hydrogen) atoms. The van der Waals surface area contributed by atoms with E-state index in [2.05, 4.69) is 25.9 Å². The molecule has 1 amide bonds. The first-order valence-corrected chi connectivity index (χ1v) is 11.1. The number of rotatable bonds is 9. The smallest absolute Gasteiger partial charge is 0.251 e. The zero-order valence-electron chi connectivity index (χ0n) is 18.9. The number of carbonyl (C=O) groups is 1. The Morgan fingerprint density at radius 2 is 1.97 bits per heavy atom. The van der Waals surface area contributed by atoms with Gasteiger partial charge >= 0.3 is 0 Å². The molecule has 1 saturated carbocycles. The molecular weight excluding hydrogens is 517 g/mol. The van der Waals surface area contributed by atoms with Crippen LogP contribution in [0, 0.1) is 0 Å². The predicted molar refractivity (Wildman–Crippen MR) is 139 cm³/mol. The Hall–Kier alpha value is -2.36. The number of guanidine groups is 1. The first-order valence-electron chi connectivity index (χ1n) is 11.1. The predicted octanol–water partition coefficient (Wildman–Crippen LogP) is 3.68. The van der Waals surface area contributed by atoms with Crippen LogP contribution in [0.5, 0.6) is 5.88 Å². The van der Waals surface area contributed by atoms with E-state index in [4.69, 9.17) is 4.74 Å². The van der Waals surface area contributed by atoms with Crippen molar-refractivity contribution in [2.24, 2.45) is 4.99 Å². The summed E-state index contributed by atoms with van der Waals surface area (Å²) >= 11 is 0. The van der Waals surface area contributed by atoms with E-state index < -0.39 is 0 Å². The monoisotopic (exact) mass is 551 g/mol. The Morgan fingerprint density at radius 3 is 2.66 bits per heavy atom. The van der Waals surface area contributed by atoms with Crippen molar-refractivity contribution in [1.82, 2.24) is 20.9 Å². The van der Waals surface area contributed by atoms with Gasteiger partial charge in [-0.05, 0) is 62.3 Å². The molecule has 0 bridgehead atoms. The van der Waals surface area contributed by atoms with Gasteiger partial charge in [0, 0.05) is 38.0 Å². The Kier molecular flexibility index (Phi) is 11.3. The van der Waals surface area contributed by atoms with Crippen molar-refractivity contribution in [2.45, 2.75) is 51.7 Å². The molecule has 174 valence electrons. The van der Waals surface area contributed by atoms with E-state index in [1.165, 1.54) is 12.8 Å². The fourth-order valence-electron chi connectivity index (χ4n) is 3.60. The van der Waals surface area contributed by atoms with E-state index in [1.807, 2.05) is 49.5 Å². The summed E-state index contributed by atoms with van der Waals surface area (Å²) in [5.74, 6) is 1.39. The first kappa shape index (κ1) is 25.9. The molecule has 3 N–H and O–H groups in total. The van der Waals surface area contributed by atoms with Crippen molar-refractivity contribution in [3.05, 3.63) is 59.3 Å². The van der Waals surface area contributed by atoms with Crippen LogP contribution < -0.4 is 20.7 Å². The number of carbonyl (C=O) groups excluding carboxylic acids is 1. The van der Waals surface area contributed by atoms with Gasteiger partial charge < -0.3 is 20.7 Å². The highest BCUT2D eigenvalue weighted by Crippen LogP contribution is 2.22. The lowest BCUT2D eigenvalue weighted by atomic mass is 10.1. The largest absolute Gasteiger partial charge is 0.474 e. The summed E-state index contributed by atoms with van der Waals surface area (Å²) in [5, 5.41) is 9.28. The van der Waals surface area contributed by atoms with Crippen LogP contribution in [0.15, 0.2) is 47.6 Å². The number of nitrogens with one attached hydrogen (secondary N) is 3. The van der Waals surface area contributed by atoms with Crippen molar-refractivity contribution in [3.63, 3.8) is 0 Å². The Labute approximate surface area is 207 Å².